The lowest BCUT2D eigenvalue weighted by molar-refractivity contribution is 0.112. The van der Waals surface area contributed by atoms with E-state index in [4.69, 9.17) is 11.6 Å². The molecule has 17 heavy (non-hydrogen) atoms. The standard InChI is InChI=1S/C11H6BrClF2N2/c12-8-2-10-5(1-9(8)13)6(4-16-17-10)7-3-11(7,14)15/h1-2,4,7H,3H2. The topological polar surface area (TPSA) is 25.8 Å². The zero-order chi connectivity index (χ0) is 12.2. The summed E-state index contributed by atoms with van der Waals surface area (Å²) in [5, 5.41) is 8.81. The van der Waals surface area contributed by atoms with Crippen molar-refractivity contribution in [3.63, 3.8) is 0 Å². The molecule has 1 aliphatic carbocycles. The molecule has 0 saturated heterocycles. The minimum Gasteiger partial charge on any atom is -0.206 e. The van der Waals surface area contributed by atoms with E-state index in [1.165, 1.54) is 6.20 Å². The minimum absolute atomic E-state index is 0.124. The molecule has 0 spiro atoms. The van der Waals surface area contributed by atoms with Gasteiger partial charge in [-0.2, -0.15) is 10.2 Å². The second kappa shape index (κ2) is 3.59. The van der Waals surface area contributed by atoms with Crippen LogP contribution in [-0.2, 0) is 0 Å². The van der Waals surface area contributed by atoms with Crippen molar-refractivity contribution in [3.05, 3.63) is 33.4 Å². The Bertz CT molecular complexity index is 618. The number of alkyl halides is 2. The first-order chi connectivity index (χ1) is 7.99. The van der Waals surface area contributed by atoms with Gasteiger partial charge >= 0.3 is 0 Å². The highest BCUT2D eigenvalue weighted by atomic mass is 79.9. The molecule has 2 aromatic rings. The molecule has 1 fully saturated rings. The van der Waals surface area contributed by atoms with Crippen LogP contribution in [0.25, 0.3) is 10.9 Å². The third-order valence-corrected chi connectivity index (χ3v) is 4.11. The van der Waals surface area contributed by atoms with Crippen LogP contribution in [0, 0.1) is 0 Å². The van der Waals surface area contributed by atoms with E-state index in [0.29, 0.717) is 26.0 Å². The Kier molecular flexibility index (Phi) is 2.38. The lowest BCUT2D eigenvalue weighted by atomic mass is 10.1. The molecule has 1 aromatic heterocycles. The van der Waals surface area contributed by atoms with Gasteiger partial charge < -0.3 is 0 Å². The van der Waals surface area contributed by atoms with E-state index in [9.17, 15) is 8.78 Å². The van der Waals surface area contributed by atoms with Gasteiger partial charge in [-0.25, -0.2) is 8.78 Å². The predicted molar refractivity (Wildman–Crippen MR) is 64.6 cm³/mol. The molecular formula is C11H6BrClF2N2. The van der Waals surface area contributed by atoms with Crippen LogP contribution < -0.4 is 0 Å². The first-order valence-electron chi connectivity index (χ1n) is 4.97. The fourth-order valence-electron chi connectivity index (χ4n) is 1.90. The van der Waals surface area contributed by atoms with Crippen molar-refractivity contribution in [2.24, 2.45) is 0 Å². The predicted octanol–water partition coefficient (Wildman–Crippen LogP) is 4.17. The summed E-state index contributed by atoms with van der Waals surface area (Å²) < 4.78 is 26.9. The monoisotopic (exact) mass is 318 g/mol. The van der Waals surface area contributed by atoms with Crippen LogP contribution in [0.3, 0.4) is 0 Å². The Balaban J connectivity index is 2.23. The highest BCUT2D eigenvalue weighted by Crippen LogP contribution is 2.56. The first kappa shape index (κ1) is 11.3. The molecule has 1 aromatic carbocycles. The molecule has 1 saturated carbocycles. The van der Waals surface area contributed by atoms with Crippen LogP contribution in [0.5, 0.6) is 0 Å². The van der Waals surface area contributed by atoms with Crippen LogP contribution in [-0.4, -0.2) is 16.1 Å². The fraction of sp³-hybridized carbons (Fsp3) is 0.273. The summed E-state index contributed by atoms with van der Waals surface area (Å²) in [5.74, 6) is -3.37. The van der Waals surface area contributed by atoms with E-state index in [1.807, 2.05) is 0 Å². The van der Waals surface area contributed by atoms with Crippen molar-refractivity contribution in [1.29, 1.82) is 0 Å². The van der Waals surface area contributed by atoms with Crippen molar-refractivity contribution < 1.29 is 8.78 Å². The normalized spacial score (nSPS) is 21.8. The maximum absolute atomic E-state index is 13.1. The zero-order valence-electron chi connectivity index (χ0n) is 8.42. The summed E-state index contributed by atoms with van der Waals surface area (Å²) >= 11 is 9.24. The summed E-state index contributed by atoms with van der Waals surface area (Å²) in [4.78, 5) is 0. The average molecular weight is 320 g/mol. The first-order valence-corrected chi connectivity index (χ1v) is 6.14. The summed E-state index contributed by atoms with van der Waals surface area (Å²) in [6.45, 7) is 0. The molecule has 0 N–H and O–H groups in total. The van der Waals surface area contributed by atoms with Gasteiger partial charge in [-0.15, -0.1) is 0 Å². The molecule has 1 aliphatic rings. The molecule has 1 unspecified atom stereocenters. The number of aromatic nitrogens is 2. The van der Waals surface area contributed by atoms with E-state index in [1.54, 1.807) is 12.1 Å². The van der Waals surface area contributed by atoms with Crippen LogP contribution in [0.2, 0.25) is 5.02 Å². The van der Waals surface area contributed by atoms with Crippen LogP contribution >= 0.6 is 27.5 Å². The molecule has 1 atom stereocenters. The van der Waals surface area contributed by atoms with Gasteiger partial charge in [-0.3, -0.25) is 0 Å². The number of nitrogens with zero attached hydrogens (tertiary/aromatic N) is 2. The Labute approximate surface area is 109 Å². The lowest BCUT2D eigenvalue weighted by Gasteiger charge is -2.05. The van der Waals surface area contributed by atoms with Crippen molar-refractivity contribution in [1.82, 2.24) is 10.2 Å². The Hall–Kier alpha value is -0.810. The molecule has 0 amide bonds. The molecule has 1 heterocycles. The quantitative estimate of drug-likeness (QED) is 0.788. The largest absolute Gasteiger partial charge is 0.256 e. The van der Waals surface area contributed by atoms with Crippen molar-refractivity contribution >= 4 is 38.4 Å². The van der Waals surface area contributed by atoms with Crippen LogP contribution in [0.4, 0.5) is 8.78 Å². The second-order valence-corrected chi connectivity index (χ2v) is 5.36. The van der Waals surface area contributed by atoms with E-state index in [2.05, 4.69) is 26.1 Å². The van der Waals surface area contributed by atoms with Crippen molar-refractivity contribution in [3.8, 4) is 0 Å². The third-order valence-electron chi connectivity index (χ3n) is 2.91. The van der Waals surface area contributed by atoms with Crippen LogP contribution in [0.1, 0.15) is 17.9 Å². The van der Waals surface area contributed by atoms with E-state index in [-0.39, 0.29) is 6.42 Å². The lowest BCUT2D eigenvalue weighted by Crippen LogP contribution is -1.96. The number of benzene rings is 1. The zero-order valence-corrected chi connectivity index (χ0v) is 10.8. The molecule has 3 rings (SSSR count). The van der Waals surface area contributed by atoms with Gasteiger partial charge in [0.2, 0.25) is 0 Å². The highest BCUT2D eigenvalue weighted by molar-refractivity contribution is 9.10. The van der Waals surface area contributed by atoms with Gasteiger partial charge in [0.05, 0.1) is 22.7 Å². The van der Waals surface area contributed by atoms with Crippen molar-refractivity contribution in [2.75, 3.05) is 0 Å². The Morgan fingerprint density at radius 3 is 2.76 bits per heavy atom. The number of hydrogen-bond acceptors (Lipinski definition) is 2. The number of fused-ring (bicyclic) bond motifs is 1. The van der Waals surface area contributed by atoms with Gasteiger partial charge in [0.15, 0.2) is 0 Å². The highest BCUT2D eigenvalue weighted by Gasteiger charge is 2.58. The van der Waals surface area contributed by atoms with Gasteiger partial charge in [-0.1, -0.05) is 11.6 Å². The Morgan fingerprint density at radius 2 is 2.12 bits per heavy atom. The Morgan fingerprint density at radius 1 is 1.41 bits per heavy atom. The number of hydrogen-bond donors (Lipinski definition) is 0. The number of halogens is 4. The van der Waals surface area contributed by atoms with E-state index < -0.39 is 11.8 Å². The second-order valence-electron chi connectivity index (χ2n) is 4.10. The van der Waals surface area contributed by atoms with Gasteiger partial charge in [0, 0.05) is 16.3 Å². The van der Waals surface area contributed by atoms with Gasteiger partial charge in [0.1, 0.15) is 0 Å². The maximum atomic E-state index is 13.1. The fourth-order valence-corrected chi connectivity index (χ4v) is 2.40. The van der Waals surface area contributed by atoms with Gasteiger partial charge in [-0.05, 0) is 33.6 Å². The smallest absolute Gasteiger partial charge is 0.206 e. The number of rotatable bonds is 1. The molecular weight excluding hydrogens is 313 g/mol. The molecule has 0 aliphatic heterocycles. The maximum Gasteiger partial charge on any atom is 0.256 e. The summed E-state index contributed by atoms with van der Waals surface area (Å²) in [5.41, 5.74) is 1.09. The van der Waals surface area contributed by atoms with Crippen molar-refractivity contribution in [2.45, 2.75) is 18.3 Å². The van der Waals surface area contributed by atoms with Gasteiger partial charge in [0.25, 0.3) is 5.92 Å². The molecule has 6 heteroatoms. The summed E-state index contributed by atoms with van der Waals surface area (Å²) in [7, 11) is 0. The van der Waals surface area contributed by atoms with E-state index >= 15 is 0 Å². The average Bonchev–Trinajstić information content (AvgIpc) is 2.88. The minimum atomic E-state index is -2.62. The summed E-state index contributed by atoms with van der Waals surface area (Å²) in [6, 6.07) is 3.34. The summed E-state index contributed by atoms with van der Waals surface area (Å²) in [6.07, 6.45) is 1.28. The van der Waals surface area contributed by atoms with Crippen LogP contribution in [0.15, 0.2) is 22.8 Å². The SMILES string of the molecule is FC1(F)CC1c1cnnc2cc(Br)c(Cl)cc12. The van der Waals surface area contributed by atoms with E-state index in [0.717, 1.165) is 0 Å². The molecule has 2 nitrogen and oxygen atoms in total. The molecule has 0 radical (unpaired) electrons. The molecule has 0 bridgehead atoms. The third kappa shape index (κ3) is 1.81. The molecule has 88 valence electrons.